The van der Waals surface area contributed by atoms with Crippen molar-refractivity contribution in [2.24, 2.45) is 5.92 Å². The van der Waals surface area contributed by atoms with Crippen LogP contribution in [0, 0.1) is 12.8 Å². The second kappa shape index (κ2) is 8.14. The fraction of sp³-hybridized carbons (Fsp3) is 0.579. The maximum Gasteiger partial charge on any atom is 0.254 e. The van der Waals surface area contributed by atoms with Gasteiger partial charge in [0, 0.05) is 37.7 Å². The van der Waals surface area contributed by atoms with Gasteiger partial charge in [0.05, 0.1) is 0 Å². The zero-order chi connectivity index (χ0) is 16.8. The fourth-order valence-electron chi connectivity index (χ4n) is 3.22. The molecule has 0 atom stereocenters. The summed E-state index contributed by atoms with van der Waals surface area (Å²) in [5.41, 5.74) is 1.78. The summed E-state index contributed by atoms with van der Waals surface area (Å²) in [5.74, 6) is 0.453. The van der Waals surface area contributed by atoms with Gasteiger partial charge in [0.2, 0.25) is 5.91 Å². The lowest BCUT2D eigenvalue weighted by Crippen LogP contribution is -2.40. The van der Waals surface area contributed by atoms with Crippen LogP contribution in [0.15, 0.2) is 24.3 Å². The molecule has 1 aromatic rings. The minimum Gasteiger partial charge on any atom is -0.341 e. The van der Waals surface area contributed by atoms with E-state index >= 15 is 0 Å². The van der Waals surface area contributed by atoms with Crippen molar-refractivity contribution in [2.75, 3.05) is 26.2 Å². The summed E-state index contributed by atoms with van der Waals surface area (Å²) < 4.78 is 0. The first-order chi connectivity index (χ1) is 11.1. The summed E-state index contributed by atoms with van der Waals surface area (Å²) in [6, 6.07) is 7.70. The number of amides is 2. The Morgan fingerprint density at radius 2 is 1.61 bits per heavy atom. The third-order valence-corrected chi connectivity index (χ3v) is 4.81. The van der Waals surface area contributed by atoms with E-state index in [1.165, 1.54) is 0 Å². The van der Waals surface area contributed by atoms with Crippen molar-refractivity contribution in [1.29, 1.82) is 0 Å². The van der Waals surface area contributed by atoms with Crippen LogP contribution in [0.3, 0.4) is 0 Å². The van der Waals surface area contributed by atoms with E-state index < -0.39 is 0 Å². The zero-order valence-electron chi connectivity index (χ0n) is 14.5. The smallest absolute Gasteiger partial charge is 0.254 e. The van der Waals surface area contributed by atoms with Crippen LogP contribution in [0.1, 0.15) is 49.0 Å². The SMILES string of the molecule is CCC(CC)C(=O)N1CCCN(C(=O)c2ccccc2C)CC1. The number of hydrogen-bond donors (Lipinski definition) is 0. The molecule has 1 fully saturated rings. The Bertz CT molecular complexity index is 552. The van der Waals surface area contributed by atoms with Gasteiger partial charge < -0.3 is 9.80 Å². The fourth-order valence-corrected chi connectivity index (χ4v) is 3.22. The summed E-state index contributed by atoms with van der Waals surface area (Å²) in [5, 5.41) is 0. The predicted molar refractivity (Wildman–Crippen MR) is 92.4 cm³/mol. The molecule has 23 heavy (non-hydrogen) atoms. The number of carbonyl (C=O) groups excluding carboxylic acids is 2. The molecule has 1 saturated heterocycles. The van der Waals surface area contributed by atoms with E-state index in [1.54, 1.807) is 0 Å². The first-order valence-corrected chi connectivity index (χ1v) is 8.72. The van der Waals surface area contributed by atoms with E-state index in [0.29, 0.717) is 13.1 Å². The Morgan fingerprint density at radius 1 is 1.00 bits per heavy atom. The highest BCUT2D eigenvalue weighted by atomic mass is 16.2. The molecule has 0 bridgehead atoms. The summed E-state index contributed by atoms with van der Waals surface area (Å²) in [4.78, 5) is 29.1. The van der Waals surface area contributed by atoms with Gasteiger partial charge in [0.25, 0.3) is 5.91 Å². The lowest BCUT2D eigenvalue weighted by Gasteiger charge is -2.25. The Balaban J connectivity index is 2.02. The van der Waals surface area contributed by atoms with Crippen LogP contribution in [0.5, 0.6) is 0 Å². The highest BCUT2D eigenvalue weighted by molar-refractivity contribution is 5.95. The first-order valence-electron chi connectivity index (χ1n) is 8.72. The molecule has 1 aliphatic rings. The molecule has 0 saturated carbocycles. The Labute approximate surface area is 139 Å². The number of hydrogen-bond acceptors (Lipinski definition) is 2. The average Bonchev–Trinajstić information content (AvgIpc) is 2.81. The molecule has 4 heteroatoms. The monoisotopic (exact) mass is 316 g/mol. The Hall–Kier alpha value is -1.84. The third-order valence-electron chi connectivity index (χ3n) is 4.81. The maximum atomic E-state index is 12.7. The van der Waals surface area contributed by atoms with Crippen molar-refractivity contribution in [3.05, 3.63) is 35.4 Å². The van der Waals surface area contributed by atoms with Gasteiger partial charge in [-0.05, 0) is 37.8 Å². The van der Waals surface area contributed by atoms with Crippen LogP contribution in [-0.4, -0.2) is 47.8 Å². The summed E-state index contributed by atoms with van der Waals surface area (Å²) in [6.45, 7) is 8.85. The van der Waals surface area contributed by atoms with Gasteiger partial charge in [-0.2, -0.15) is 0 Å². The maximum absolute atomic E-state index is 12.7. The van der Waals surface area contributed by atoms with Crippen molar-refractivity contribution >= 4 is 11.8 Å². The van der Waals surface area contributed by atoms with E-state index in [9.17, 15) is 9.59 Å². The predicted octanol–water partition coefficient (Wildman–Crippen LogP) is 3.11. The molecule has 0 N–H and O–H groups in total. The molecular weight excluding hydrogens is 288 g/mol. The summed E-state index contributed by atoms with van der Waals surface area (Å²) in [6.07, 6.45) is 2.62. The van der Waals surface area contributed by atoms with Crippen molar-refractivity contribution in [3.63, 3.8) is 0 Å². The van der Waals surface area contributed by atoms with Gasteiger partial charge in [0.15, 0.2) is 0 Å². The van der Waals surface area contributed by atoms with Gasteiger partial charge in [0.1, 0.15) is 0 Å². The quantitative estimate of drug-likeness (QED) is 0.856. The molecule has 0 aromatic heterocycles. The standard InChI is InChI=1S/C19H28N2O2/c1-4-16(5-2)18(22)20-11-8-12-21(14-13-20)19(23)17-10-7-6-9-15(17)3/h6-7,9-10,16H,4-5,8,11-14H2,1-3H3. The molecule has 0 aliphatic carbocycles. The Kier molecular flexibility index (Phi) is 6.20. The summed E-state index contributed by atoms with van der Waals surface area (Å²) in [7, 11) is 0. The highest BCUT2D eigenvalue weighted by Gasteiger charge is 2.26. The van der Waals surface area contributed by atoms with E-state index in [1.807, 2.05) is 41.0 Å². The molecule has 1 heterocycles. The number of rotatable bonds is 4. The van der Waals surface area contributed by atoms with Crippen LogP contribution < -0.4 is 0 Å². The van der Waals surface area contributed by atoms with E-state index in [2.05, 4.69) is 13.8 Å². The van der Waals surface area contributed by atoms with Crippen molar-refractivity contribution < 1.29 is 9.59 Å². The number of aryl methyl sites for hydroxylation is 1. The second-order valence-corrected chi connectivity index (χ2v) is 6.30. The van der Waals surface area contributed by atoms with Crippen LogP contribution >= 0.6 is 0 Å². The van der Waals surface area contributed by atoms with Crippen molar-refractivity contribution in [3.8, 4) is 0 Å². The molecular formula is C19H28N2O2. The van der Waals surface area contributed by atoms with Crippen molar-refractivity contribution in [2.45, 2.75) is 40.0 Å². The van der Waals surface area contributed by atoms with Crippen LogP contribution in [0.2, 0.25) is 0 Å². The minimum absolute atomic E-state index is 0.0833. The normalized spacial score (nSPS) is 15.7. The van der Waals surface area contributed by atoms with Gasteiger partial charge in [-0.25, -0.2) is 0 Å². The Morgan fingerprint density at radius 3 is 2.26 bits per heavy atom. The van der Waals surface area contributed by atoms with Gasteiger partial charge >= 0.3 is 0 Å². The molecule has 2 amide bonds. The molecule has 126 valence electrons. The van der Waals surface area contributed by atoms with E-state index in [0.717, 1.165) is 43.5 Å². The topological polar surface area (TPSA) is 40.6 Å². The minimum atomic E-state index is 0.0833. The second-order valence-electron chi connectivity index (χ2n) is 6.30. The number of nitrogens with zero attached hydrogens (tertiary/aromatic N) is 2. The molecule has 0 radical (unpaired) electrons. The van der Waals surface area contributed by atoms with Gasteiger partial charge in [-0.15, -0.1) is 0 Å². The number of carbonyl (C=O) groups is 2. The van der Waals surface area contributed by atoms with Gasteiger partial charge in [-0.1, -0.05) is 32.0 Å². The number of benzene rings is 1. The first kappa shape index (κ1) is 17.5. The van der Waals surface area contributed by atoms with E-state index in [4.69, 9.17) is 0 Å². The molecule has 0 spiro atoms. The average molecular weight is 316 g/mol. The molecule has 4 nitrogen and oxygen atoms in total. The molecule has 1 aromatic carbocycles. The van der Waals surface area contributed by atoms with Crippen LogP contribution in [0.25, 0.3) is 0 Å². The summed E-state index contributed by atoms with van der Waals surface area (Å²) >= 11 is 0. The lowest BCUT2D eigenvalue weighted by atomic mass is 10.0. The molecule has 2 rings (SSSR count). The third kappa shape index (κ3) is 4.12. The van der Waals surface area contributed by atoms with E-state index in [-0.39, 0.29) is 17.7 Å². The largest absolute Gasteiger partial charge is 0.341 e. The highest BCUT2D eigenvalue weighted by Crippen LogP contribution is 2.16. The zero-order valence-corrected chi connectivity index (χ0v) is 14.5. The molecule has 0 unspecified atom stereocenters. The molecule has 1 aliphatic heterocycles. The van der Waals surface area contributed by atoms with Crippen LogP contribution in [0.4, 0.5) is 0 Å². The lowest BCUT2D eigenvalue weighted by molar-refractivity contribution is -0.135. The van der Waals surface area contributed by atoms with Crippen molar-refractivity contribution in [1.82, 2.24) is 9.80 Å². The van der Waals surface area contributed by atoms with Gasteiger partial charge in [-0.3, -0.25) is 9.59 Å². The van der Waals surface area contributed by atoms with Crippen LogP contribution in [-0.2, 0) is 4.79 Å².